The number of carbonyl (C=O) groups excluding carboxylic acids is 1. The van der Waals surface area contributed by atoms with E-state index in [1.807, 2.05) is 43.3 Å². The van der Waals surface area contributed by atoms with Gasteiger partial charge in [-0.1, -0.05) is 47.5 Å². The normalized spacial score (nSPS) is 10.7. The molecule has 2 aromatic carbocycles. The van der Waals surface area contributed by atoms with E-state index >= 15 is 0 Å². The number of nitrogens with zero attached hydrogens (tertiary/aromatic N) is 2. The summed E-state index contributed by atoms with van der Waals surface area (Å²) >= 11 is 6.48. The number of benzene rings is 2. The zero-order valence-electron chi connectivity index (χ0n) is 17.0. The molecule has 1 aromatic heterocycles. The Labute approximate surface area is 175 Å². The summed E-state index contributed by atoms with van der Waals surface area (Å²) in [6, 6.07) is 13.6. The quantitative estimate of drug-likeness (QED) is 0.632. The minimum atomic E-state index is -0.266. The van der Waals surface area contributed by atoms with Gasteiger partial charge in [-0.15, -0.1) is 0 Å². The molecule has 3 aromatic rings. The van der Waals surface area contributed by atoms with Gasteiger partial charge in [-0.2, -0.15) is 5.10 Å². The molecular formula is C22H24ClN3O3. The van der Waals surface area contributed by atoms with E-state index < -0.39 is 0 Å². The van der Waals surface area contributed by atoms with Crippen molar-refractivity contribution in [2.45, 2.75) is 26.9 Å². The molecule has 3 rings (SSSR count). The first-order valence-corrected chi connectivity index (χ1v) is 9.58. The number of halogens is 1. The third-order valence-corrected chi connectivity index (χ3v) is 5.03. The van der Waals surface area contributed by atoms with Crippen LogP contribution in [0.5, 0.6) is 11.5 Å². The van der Waals surface area contributed by atoms with Crippen molar-refractivity contribution >= 4 is 17.5 Å². The number of hydrogen-bond donors (Lipinski definition) is 1. The van der Waals surface area contributed by atoms with Gasteiger partial charge in [-0.05, 0) is 37.1 Å². The highest BCUT2D eigenvalue weighted by Gasteiger charge is 2.20. The number of nitrogens with one attached hydrogen (secondary N) is 1. The molecule has 0 aliphatic rings. The molecule has 0 atom stereocenters. The van der Waals surface area contributed by atoms with Crippen molar-refractivity contribution in [3.63, 3.8) is 0 Å². The van der Waals surface area contributed by atoms with Crippen molar-refractivity contribution in [3.05, 3.63) is 75.6 Å². The van der Waals surface area contributed by atoms with Crippen LogP contribution in [-0.2, 0) is 13.1 Å². The summed E-state index contributed by atoms with van der Waals surface area (Å²) in [5.74, 6) is 0.982. The van der Waals surface area contributed by atoms with Crippen LogP contribution in [0.1, 0.15) is 32.7 Å². The van der Waals surface area contributed by atoms with Crippen molar-refractivity contribution in [2.24, 2.45) is 0 Å². The maximum absolute atomic E-state index is 12.7. The summed E-state index contributed by atoms with van der Waals surface area (Å²) < 4.78 is 12.2. The number of aryl methyl sites for hydroxylation is 2. The number of ether oxygens (including phenoxy) is 2. The van der Waals surface area contributed by atoms with E-state index in [1.165, 1.54) is 5.56 Å². The first-order chi connectivity index (χ1) is 13.9. The molecule has 0 saturated heterocycles. The van der Waals surface area contributed by atoms with Crippen molar-refractivity contribution in [2.75, 3.05) is 14.2 Å². The number of amides is 1. The van der Waals surface area contributed by atoms with Gasteiger partial charge >= 0.3 is 0 Å². The third kappa shape index (κ3) is 4.71. The van der Waals surface area contributed by atoms with Gasteiger partial charge in [0.15, 0.2) is 11.5 Å². The molecule has 0 aliphatic heterocycles. The first-order valence-electron chi connectivity index (χ1n) is 9.20. The van der Waals surface area contributed by atoms with E-state index in [4.69, 9.17) is 21.1 Å². The fourth-order valence-corrected chi connectivity index (χ4v) is 3.36. The van der Waals surface area contributed by atoms with Crippen LogP contribution in [0.15, 0.2) is 42.5 Å². The van der Waals surface area contributed by atoms with Gasteiger partial charge in [-0.3, -0.25) is 4.79 Å². The maximum Gasteiger partial charge on any atom is 0.256 e. The standard InChI is InChI=1S/C22H24ClN3O3/c1-14-5-7-16(8-6-14)13-26-21(23)20(15(2)25-26)22(27)24-12-17-9-10-18(28-3)19(11-17)29-4/h5-11H,12-13H2,1-4H3,(H,24,27). The lowest BCUT2D eigenvalue weighted by Gasteiger charge is -2.10. The molecule has 6 nitrogen and oxygen atoms in total. The van der Waals surface area contributed by atoms with Crippen LogP contribution in [0.25, 0.3) is 0 Å². The summed E-state index contributed by atoms with van der Waals surface area (Å²) in [5.41, 5.74) is 4.12. The van der Waals surface area contributed by atoms with E-state index in [2.05, 4.69) is 10.4 Å². The molecule has 0 radical (unpaired) electrons. The predicted octanol–water partition coefficient (Wildman–Crippen LogP) is 4.15. The van der Waals surface area contributed by atoms with Gasteiger partial charge in [0.2, 0.25) is 0 Å². The Morgan fingerprint density at radius 3 is 2.34 bits per heavy atom. The molecule has 0 bridgehead atoms. The maximum atomic E-state index is 12.7. The molecule has 0 fully saturated rings. The number of hydrogen-bond acceptors (Lipinski definition) is 4. The number of aromatic nitrogens is 2. The van der Waals surface area contributed by atoms with Crippen molar-refractivity contribution in [3.8, 4) is 11.5 Å². The van der Waals surface area contributed by atoms with Crippen LogP contribution in [0, 0.1) is 13.8 Å². The highest BCUT2D eigenvalue weighted by Crippen LogP contribution is 2.27. The second-order valence-electron chi connectivity index (χ2n) is 6.77. The number of carbonyl (C=O) groups is 1. The highest BCUT2D eigenvalue weighted by atomic mass is 35.5. The molecule has 0 unspecified atom stereocenters. The molecule has 152 valence electrons. The molecule has 1 N–H and O–H groups in total. The highest BCUT2D eigenvalue weighted by molar-refractivity contribution is 6.33. The van der Waals surface area contributed by atoms with Gasteiger partial charge < -0.3 is 14.8 Å². The second kappa shape index (κ2) is 9.01. The van der Waals surface area contributed by atoms with Crippen molar-refractivity contribution < 1.29 is 14.3 Å². The second-order valence-corrected chi connectivity index (χ2v) is 7.12. The summed E-state index contributed by atoms with van der Waals surface area (Å²) in [4.78, 5) is 12.7. The monoisotopic (exact) mass is 413 g/mol. The number of methoxy groups -OCH3 is 2. The average molecular weight is 414 g/mol. The Bertz CT molecular complexity index is 1010. The molecule has 0 saturated carbocycles. The van der Waals surface area contributed by atoms with Gasteiger partial charge in [-0.25, -0.2) is 4.68 Å². The third-order valence-electron chi connectivity index (χ3n) is 4.65. The Kier molecular flexibility index (Phi) is 6.44. The van der Waals surface area contributed by atoms with E-state index in [0.717, 1.165) is 11.1 Å². The fourth-order valence-electron chi connectivity index (χ4n) is 3.04. The average Bonchev–Trinajstić information content (AvgIpc) is 3.00. The topological polar surface area (TPSA) is 65.4 Å². The van der Waals surface area contributed by atoms with Crippen LogP contribution in [0.2, 0.25) is 5.15 Å². The number of rotatable bonds is 7. The molecule has 1 heterocycles. The van der Waals surface area contributed by atoms with Crippen LogP contribution in [0.4, 0.5) is 0 Å². The van der Waals surface area contributed by atoms with Gasteiger partial charge in [0.05, 0.1) is 32.0 Å². The van der Waals surface area contributed by atoms with Crippen LogP contribution >= 0.6 is 11.6 Å². The SMILES string of the molecule is COc1ccc(CNC(=O)c2c(C)nn(Cc3ccc(C)cc3)c2Cl)cc1OC. The largest absolute Gasteiger partial charge is 0.493 e. The fraction of sp³-hybridized carbons (Fsp3) is 0.273. The zero-order chi connectivity index (χ0) is 21.0. The van der Waals surface area contributed by atoms with Gasteiger partial charge in [0, 0.05) is 6.54 Å². The Morgan fingerprint density at radius 1 is 1.03 bits per heavy atom. The first kappa shape index (κ1) is 20.7. The Hall–Kier alpha value is -2.99. The lowest BCUT2D eigenvalue weighted by molar-refractivity contribution is 0.0950. The molecule has 0 spiro atoms. The predicted molar refractivity (Wildman–Crippen MR) is 113 cm³/mol. The van der Waals surface area contributed by atoms with Crippen LogP contribution < -0.4 is 14.8 Å². The Morgan fingerprint density at radius 2 is 1.69 bits per heavy atom. The molecule has 29 heavy (non-hydrogen) atoms. The minimum absolute atomic E-state index is 0.266. The summed E-state index contributed by atoms with van der Waals surface area (Å²) in [5, 5.41) is 7.67. The summed E-state index contributed by atoms with van der Waals surface area (Å²) in [6.45, 7) is 4.65. The van der Waals surface area contributed by atoms with E-state index in [-0.39, 0.29) is 5.91 Å². The summed E-state index contributed by atoms with van der Waals surface area (Å²) in [7, 11) is 3.16. The smallest absolute Gasteiger partial charge is 0.256 e. The van der Waals surface area contributed by atoms with Crippen molar-refractivity contribution in [1.29, 1.82) is 0 Å². The van der Waals surface area contributed by atoms with Gasteiger partial charge in [0.1, 0.15) is 5.15 Å². The van der Waals surface area contributed by atoms with Crippen molar-refractivity contribution in [1.82, 2.24) is 15.1 Å². The lowest BCUT2D eigenvalue weighted by Crippen LogP contribution is -2.23. The van der Waals surface area contributed by atoms with E-state index in [1.54, 1.807) is 31.9 Å². The van der Waals surface area contributed by atoms with Crippen LogP contribution in [-0.4, -0.2) is 29.9 Å². The zero-order valence-corrected chi connectivity index (χ0v) is 17.7. The lowest BCUT2D eigenvalue weighted by atomic mass is 10.1. The van der Waals surface area contributed by atoms with E-state index in [0.29, 0.717) is 41.0 Å². The Balaban J connectivity index is 1.72. The van der Waals surface area contributed by atoms with Gasteiger partial charge in [0.25, 0.3) is 5.91 Å². The molecule has 1 amide bonds. The van der Waals surface area contributed by atoms with Crippen LogP contribution in [0.3, 0.4) is 0 Å². The molecule has 0 aliphatic carbocycles. The molecule has 7 heteroatoms. The molecular weight excluding hydrogens is 390 g/mol. The summed E-state index contributed by atoms with van der Waals surface area (Å²) in [6.07, 6.45) is 0. The van der Waals surface area contributed by atoms with E-state index in [9.17, 15) is 4.79 Å². The minimum Gasteiger partial charge on any atom is -0.493 e.